The Morgan fingerprint density at radius 1 is 1.14 bits per heavy atom. The summed E-state index contributed by atoms with van der Waals surface area (Å²) in [6.45, 7) is 4.97. The van der Waals surface area contributed by atoms with E-state index in [0.29, 0.717) is 13.2 Å². The standard InChI is InChI=1S/C18H22N2O2/c1-3-15-8-4-5-10-17(15)20-18(21)19-11-12-22-16-9-6-7-14(2)13-16/h4-10,13H,3,11-12H2,1-2H3,(H2,19,20,21). The van der Waals surface area contributed by atoms with Gasteiger partial charge in [0, 0.05) is 5.69 Å². The molecule has 0 aliphatic heterocycles. The third-order valence-corrected chi connectivity index (χ3v) is 3.29. The van der Waals surface area contributed by atoms with Crippen LogP contribution in [0.1, 0.15) is 18.1 Å². The summed E-state index contributed by atoms with van der Waals surface area (Å²) >= 11 is 0. The van der Waals surface area contributed by atoms with Gasteiger partial charge in [0.2, 0.25) is 0 Å². The first-order chi connectivity index (χ1) is 10.7. The number of benzene rings is 2. The Kier molecular flexibility index (Phi) is 5.83. The van der Waals surface area contributed by atoms with Crippen LogP contribution < -0.4 is 15.4 Å². The lowest BCUT2D eigenvalue weighted by Gasteiger charge is -2.11. The summed E-state index contributed by atoms with van der Waals surface area (Å²) in [5, 5.41) is 5.66. The van der Waals surface area contributed by atoms with Crippen molar-refractivity contribution in [1.29, 1.82) is 0 Å². The van der Waals surface area contributed by atoms with Gasteiger partial charge in [-0.3, -0.25) is 0 Å². The maximum absolute atomic E-state index is 11.9. The molecule has 2 N–H and O–H groups in total. The Balaban J connectivity index is 1.74. The summed E-state index contributed by atoms with van der Waals surface area (Å²) in [5.74, 6) is 0.818. The topological polar surface area (TPSA) is 50.4 Å². The largest absolute Gasteiger partial charge is 0.492 e. The summed E-state index contributed by atoms with van der Waals surface area (Å²) in [6.07, 6.45) is 0.882. The van der Waals surface area contributed by atoms with Crippen molar-refractivity contribution < 1.29 is 9.53 Å². The first-order valence-electron chi connectivity index (χ1n) is 7.51. The van der Waals surface area contributed by atoms with Gasteiger partial charge in [-0.25, -0.2) is 4.79 Å². The molecule has 0 bridgehead atoms. The van der Waals surface area contributed by atoms with Gasteiger partial charge >= 0.3 is 6.03 Å². The normalized spacial score (nSPS) is 10.1. The molecule has 2 aromatic rings. The first kappa shape index (κ1) is 15.9. The number of anilines is 1. The van der Waals surface area contributed by atoms with Crippen LogP contribution in [0.3, 0.4) is 0 Å². The fourth-order valence-corrected chi connectivity index (χ4v) is 2.16. The Hall–Kier alpha value is -2.49. The van der Waals surface area contributed by atoms with Gasteiger partial charge in [0.1, 0.15) is 12.4 Å². The number of rotatable bonds is 6. The number of hydrogen-bond donors (Lipinski definition) is 2. The van der Waals surface area contributed by atoms with E-state index in [1.54, 1.807) is 0 Å². The van der Waals surface area contributed by atoms with E-state index in [0.717, 1.165) is 29.0 Å². The molecule has 4 nitrogen and oxygen atoms in total. The van der Waals surface area contributed by atoms with Crippen molar-refractivity contribution in [3.63, 3.8) is 0 Å². The van der Waals surface area contributed by atoms with Gasteiger partial charge in [-0.2, -0.15) is 0 Å². The average Bonchev–Trinajstić information content (AvgIpc) is 2.52. The van der Waals surface area contributed by atoms with Crippen LogP contribution in [0.2, 0.25) is 0 Å². The van der Waals surface area contributed by atoms with Gasteiger partial charge in [-0.1, -0.05) is 37.3 Å². The monoisotopic (exact) mass is 298 g/mol. The Morgan fingerprint density at radius 3 is 2.73 bits per heavy atom. The number of nitrogens with one attached hydrogen (secondary N) is 2. The minimum atomic E-state index is -0.214. The number of urea groups is 1. The van der Waals surface area contributed by atoms with Crippen LogP contribution in [0.15, 0.2) is 48.5 Å². The number of para-hydroxylation sites is 1. The van der Waals surface area contributed by atoms with Crippen molar-refractivity contribution >= 4 is 11.7 Å². The Morgan fingerprint density at radius 2 is 1.95 bits per heavy atom. The minimum absolute atomic E-state index is 0.214. The number of ether oxygens (including phenoxy) is 1. The lowest BCUT2D eigenvalue weighted by atomic mass is 10.1. The average molecular weight is 298 g/mol. The molecule has 116 valence electrons. The second-order valence-corrected chi connectivity index (χ2v) is 5.06. The van der Waals surface area contributed by atoms with Gasteiger partial charge < -0.3 is 15.4 Å². The number of carbonyl (C=O) groups excluding carboxylic acids is 1. The Labute approximate surface area is 131 Å². The zero-order chi connectivity index (χ0) is 15.8. The molecule has 0 heterocycles. The van der Waals surface area contributed by atoms with Gasteiger partial charge in [-0.15, -0.1) is 0 Å². The lowest BCUT2D eigenvalue weighted by molar-refractivity contribution is 0.247. The number of amides is 2. The smallest absolute Gasteiger partial charge is 0.319 e. The lowest BCUT2D eigenvalue weighted by Crippen LogP contribution is -2.32. The molecule has 0 aliphatic carbocycles. The molecule has 0 aliphatic rings. The number of carbonyl (C=O) groups is 1. The highest BCUT2D eigenvalue weighted by molar-refractivity contribution is 5.90. The molecule has 2 rings (SSSR count). The van der Waals surface area contributed by atoms with E-state index < -0.39 is 0 Å². The predicted octanol–water partition coefficient (Wildman–Crippen LogP) is 3.76. The highest BCUT2D eigenvalue weighted by atomic mass is 16.5. The molecular formula is C18H22N2O2. The molecule has 22 heavy (non-hydrogen) atoms. The van der Waals surface area contributed by atoms with Crippen molar-refractivity contribution in [2.24, 2.45) is 0 Å². The van der Waals surface area contributed by atoms with Gasteiger partial charge in [0.05, 0.1) is 6.54 Å². The number of aryl methyl sites for hydroxylation is 2. The minimum Gasteiger partial charge on any atom is -0.492 e. The van der Waals surface area contributed by atoms with E-state index in [2.05, 4.69) is 17.6 Å². The fraction of sp³-hybridized carbons (Fsp3) is 0.278. The van der Waals surface area contributed by atoms with Crippen LogP contribution in [0.25, 0.3) is 0 Å². The van der Waals surface area contributed by atoms with E-state index in [9.17, 15) is 4.79 Å². The zero-order valence-electron chi connectivity index (χ0n) is 13.1. The molecule has 2 aromatic carbocycles. The van der Waals surface area contributed by atoms with Gasteiger partial charge in [0.25, 0.3) is 0 Å². The molecule has 4 heteroatoms. The third-order valence-electron chi connectivity index (χ3n) is 3.29. The summed E-state index contributed by atoms with van der Waals surface area (Å²) < 4.78 is 5.59. The van der Waals surface area contributed by atoms with Crippen molar-refractivity contribution in [3.05, 3.63) is 59.7 Å². The molecule has 0 unspecified atom stereocenters. The van der Waals surface area contributed by atoms with E-state index in [-0.39, 0.29) is 6.03 Å². The molecule has 0 fully saturated rings. The molecule has 0 spiro atoms. The molecule has 0 saturated carbocycles. The van der Waals surface area contributed by atoms with Crippen LogP contribution in [-0.4, -0.2) is 19.2 Å². The highest BCUT2D eigenvalue weighted by Crippen LogP contribution is 2.15. The SMILES string of the molecule is CCc1ccccc1NC(=O)NCCOc1cccc(C)c1. The molecule has 2 amide bonds. The summed E-state index contributed by atoms with van der Waals surface area (Å²) in [6, 6.07) is 15.4. The van der Waals surface area contributed by atoms with Gasteiger partial charge in [0.15, 0.2) is 0 Å². The third kappa shape index (κ3) is 4.81. The summed E-state index contributed by atoms with van der Waals surface area (Å²) in [4.78, 5) is 11.9. The second-order valence-electron chi connectivity index (χ2n) is 5.06. The van der Waals surface area contributed by atoms with Gasteiger partial charge in [-0.05, 0) is 42.7 Å². The van der Waals surface area contributed by atoms with Crippen LogP contribution in [0.4, 0.5) is 10.5 Å². The van der Waals surface area contributed by atoms with Crippen LogP contribution in [0.5, 0.6) is 5.75 Å². The quantitative estimate of drug-likeness (QED) is 0.798. The molecular weight excluding hydrogens is 276 g/mol. The van der Waals surface area contributed by atoms with E-state index >= 15 is 0 Å². The molecule has 0 saturated heterocycles. The molecule has 0 aromatic heterocycles. The van der Waals surface area contributed by atoms with E-state index in [4.69, 9.17) is 4.74 Å². The van der Waals surface area contributed by atoms with Crippen molar-refractivity contribution in [2.45, 2.75) is 20.3 Å². The maximum atomic E-state index is 11.9. The van der Waals surface area contributed by atoms with E-state index in [1.807, 2.05) is 55.5 Å². The Bertz CT molecular complexity index is 626. The van der Waals surface area contributed by atoms with Crippen LogP contribution >= 0.6 is 0 Å². The van der Waals surface area contributed by atoms with Crippen molar-refractivity contribution in [2.75, 3.05) is 18.5 Å². The second kappa shape index (κ2) is 8.08. The van der Waals surface area contributed by atoms with Crippen molar-refractivity contribution in [3.8, 4) is 5.75 Å². The molecule has 0 atom stereocenters. The first-order valence-corrected chi connectivity index (χ1v) is 7.51. The predicted molar refractivity (Wildman–Crippen MR) is 89.5 cm³/mol. The zero-order valence-corrected chi connectivity index (χ0v) is 13.1. The van der Waals surface area contributed by atoms with Crippen LogP contribution in [-0.2, 0) is 6.42 Å². The van der Waals surface area contributed by atoms with Crippen molar-refractivity contribution in [1.82, 2.24) is 5.32 Å². The summed E-state index contributed by atoms with van der Waals surface area (Å²) in [7, 11) is 0. The fourth-order valence-electron chi connectivity index (χ4n) is 2.16. The molecule has 0 radical (unpaired) electrons. The summed E-state index contributed by atoms with van der Waals surface area (Å²) in [5.41, 5.74) is 3.12. The highest BCUT2D eigenvalue weighted by Gasteiger charge is 2.04. The van der Waals surface area contributed by atoms with Crippen LogP contribution in [0, 0.1) is 6.92 Å². The van der Waals surface area contributed by atoms with E-state index in [1.165, 1.54) is 0 Å². The maximum Gasteiger partial charge on any atom is 0.319 e. The number of hydrogen-bond acceptors (Lipinski definition) is 2.